The molecule has 0 spiro atoms. The summed E-state index contributed by atoms with van der Waals surface area (Å²) in [6.45, 7) is 2.64. The number of imidazole rings is 1. The first kappa shape index (κ1) is 29.6. The summed E-state index contributed by atoms with van der Waals surface area (Å²) in [6.07, 6.45) is 6.02. The van der Waals surface area contributed by atoms with E-state index in [4.69, 9.17) is 20.4 Å². The van der Waals surface area contributed by atoms with Crippen molar-refractivity contribution in [3.63, 3.8) is 0 Å². The van der Waals surface area contributed by atoms with Gasteiger partial charge >= 0.3 is 0 Å². The zero-order chi connectivity index (χ0) is 32.6. The van der Waals surface area contributed by atoms with Gasteiger partial charge in [-0.2, -0.15) is 0 Å². The zero-order valence-corrected chi connectivity index (χ0v) is 26.7. The molecule has 4 aromatic heterocycles. The number of benzene rings is 1. The third kappa shape index (κ3) is 4.94. The van der Waals surface area contributed by atoms with E-state index in [2.05, 4.69) is 20.9 Å². The van der Waals surface area contributed by atoms with Crippen LogP contribution in [-0.4, -0.2) is 71.6 Å². The number of rotatable bonds is 8. The van der Waals surface area contributed by atoms with Gasteiger partial charge in [0.2, 0.25) is 5.91 Å². The maximum Gasteiger partial charge on any atom is 0.254 e. The van der Waals surface area contributed by atoms with Gasteiger partial charge in [-0.3, -0.25) is 9.59 Å². The number of pyridine rings is 2. The van der Waals surface area contributed by atoms with Gasteiger partial charge in [0.25, 0.3) is 5.91 Å². The fourth-order valence-electron chi connectivity index (χ4n) is 7.53. The number of carbonyl (C=O) groups is 2. The summed E-state index contributed by atoms with van der Waals surface area (Å²) in [5.41, 5.74) is 12.2. The summed E-state index contributed by atoms with van der Waals surface area (Å²) < 4.78 is 10.1. The predicted octanol–water partition coefficient (Wildman–Crippen LogP) is 4.08. The molecular weight excluding hydrogens is 596 g/mol. The fourth-order valence-corrected chi connectivity index (χ4v) is 7.53. The van der Waals surface area contributed by atoms with E-state index in [-0.39, 0.29) is 30.5 Å². The maximum absolute atomic E-state index is 13.7. The van der Waals surface area contributed by atoms with Crippen LogP contribution in [0.5, 0.6) is 5.75 Å². The number of hydrogen-bond acceptors (Lipinski definition) is 8. The highest BCUT2D eigenvalue weighted by Gasteiger charge is 2.47. The number of aryl methyl sites for hydroxylation is 1. The molecule has 3 unspecified atom stereocenters. The van der Waals surface area contributed by atoms with Crippen molar-refractivity contribution < 1.29 is 19.4 Å². The highest BCUT2D eigenvalue weighted by atomic mass is 16.5. The van der Waals surface area contributed by atoms with Gasteiger partial charge < -0.3 is 34.9 Å². The van der Waals surface area contributed by atoms with Gasteiger partial charge in [-0.05, 0) is 73.9 Å². The lowest BCUT2D eigenvalue weighted by atomic mass is 10.1. The number of nitrogens with one attached hydrogen (secondary N) is 1. The van der Waals surface area contributed by atoms with Crippen molar-refractivity contribution in [2.45, 2.75) is 57.8 Å². The van der Waals surface area contributed by atoms with Crippen molar-refractivity contribution >= 4 is 39.7 Å². The molecule has 2 amide bonds. The highest BCUT2D eigenvalue weighted by Crippen LogP contribution is 2.40. The SMILES string of the molecule is COc1cc(C(=O)N2CC3CCC2C3N)cc2nc(-c3cc4ccc(-c5cnc(NC(C)=O)c(CO)c5)nc4n3CC3CC3)n(C)c12. The van der Waals surface area contributed by atoms with Crippen LogP contribution in [0.1, 0.15) is 48.5 Å². The summed E-state index contributed by atoms with van der Waals surface area (Å²) in [7, 11) is 3.60. The molecule has 12 nitrogen and oxygen atoms in total. The Labute approximate surface area is 271 Å². The Kier molecular flexibility index (Phi) is 7.03. The number of anilines is 1. The molecule has 5 aromatic rings. The number of nitrogens with zero attached hydrogens (tertiary/aromatic N) is 6. The summed E-state index contributed by atoms with van der Waals surface area (Å²) in [4.78, 5) is 41.9. The van der Waals surface area contributed by atoms with Crippen LogP contribution in [0, 0.1) is 11.8 Å². The maximum atomic E-state index is 13.7. The Morgan fingerprint density at radius 1 is 1.11 bits per heavy atom. The minimum Gasteiger partial charge on any atom is -0.494 e. The second kappa shape index (κ2) is 11.2. The molecule has 5 heterocycles. The second-order valence-corrected chi connectivity index (χ2v) is 13.2. The van der Waals surface area contributed by atoms with Crippen molar-refractivity contribution in [2.24, 2.45) is 24.6 Å². The Morgan fingerprint density at radius 2 is 1.94 bits per heavy atom. The molecule has 3 aliphatic rings. The average Bonchev–Trinajstić information content (AvgIpc) is 3.47. The van der Waals surface area contributed by atoms with Crippen molar-refractivity contribution in [1.29, 1.82) is 0 Å². The van der Waals surface area contributed by atoms with Crippen LogP contribution in [0.15, 0.2) is 42.6 Å². The van der Waals surface area contributed by atoms with Gasteiger partial charge in [-0.25, -0.2) is 15.0 Å². The summed E-state index contributed by atoms with van der Waals surface area (Å²) in [6, 6.07) is 11.7. The molecule has 1 saturated heterocycles. The van der Waals surface area contributed by atoms with Crippen LogP contribution >= 0.6 is 0 Å². The topological polar surface area (TPSA) is 153 Å². The van der Waals surface area contributed by atoms with E-state index >= 15 is 0 Å². The molecule has 242 valence electrons. The van der Waals surface area contributed by atoms with E-state index in [1.807, 2.05) is 40.8 Å². The first-order chi connectivity index (χ1) is 22.7. The summed E-state index contributed by atoms with van der Waals surface area (Å²) in [5, 5.41) is 13.6. The number of aliphatic hydroxyl groups is 1. The number of piperidine rings is 1. The molecular formula is C35H38N8O4. The Hall–Kier alpha value is -4.81. The molecule has 2 saturated carbocycles. The van der Waals surface area contributed by atoms with Gasteiger partial charge in [-0.1, -0.05) is 0 Å². The average molecular weight is 635 g/mol. The Morgan fingerprint density at radius 3 is 2.62 bits per heavy atom. The van der Waals surface area contributed by atoms with Crippen LogP contribution in [0.4, 0.5) is 5.82 Å². The molecule has 2 aliphatic carbocycles. The van der Waals surface area contributed by atoms with E-state index in [0.29, 0.717) is 52.3 Å². The minimum atomic E-state index is -0.267. The fraction of sp³-hybridized carbons (Fsp3) is 0.400. The van der Waals surface area contributed by atoms with E-state index in [9.17, 15) is 14.7 Å². The Balaban J connectivity index is 1.21. The molecule has 0 radical (unpaired) electrons. The highest BCUT2D eigenvalue weighted by molar-refractivity contribution is 6.00. The van der Waals surface area contributed by atoms with E-state index in [1.54, 1.807) is 19.4 Å². The van der Waals surface area contributed by atoms with Gasteiger partial charge in [0.05, 0.1) is 30.6 Å². The van der Waals surface area contributed by atoms with Gasteiger partial charge in [-0.15, -0.1) is 0 Å². The van der Waals surface area contributed by atoms with Crippen molar-refractivity contribution in [3.05, 3.63) is 53.7 Å². The molecule has 4 N–H and O–H groups in total. The first-order valence-corrected chi connectivity index (χ1v) is 16.2. The normalized spacial score (nSPS) is 20.4. The molecule has 3 atom stereocenters. The predicted molar refractivity (Wildman–Crippen MR) is 178 cm³/mol. The van der Waals surface area contributed by atoms with E-state index < -0.39 is 0 Å². The van der Waals surface area contributed by atoms with Crippen LogP contribution in [-0.2, 0) is 25.0 Å². The molecule has 1 aliphatic heterocycles. The molecule has 12 heteroatoms. The Bertz CT molecular complexity index is 2080. The number of aromatic nitrogens is 5. The van der Waals surface area contributed by atoms with Crippen LogP contribution < -0.4 is 15.8 Å². The van der Waals surface area contributed by atoms with Crippen LogP contribution in [0.25, 0.3) is 44.8 Å². The van der Waals surface area contributed by atoms with E-state index in [0.717, 1.165) is 65.9 Å². The standard InChI is InChI=1S/C35H38N8O4/c1-18(45)38-32-24(17-44)10-23(14-37-32)25-8-6-20-12-28(42(33(20)39-25)15-19-4-5-19)34-40-26-11-22(13-29(47-3)31(26)41(34)2)35(46)43-16-21-7-9-27(43)30(21)36/h6,8,10-14,19,21,27,30,44H,4-5,7,9,15-17,36H2,1-3H3,(H,37,38,45). The van der Waals surface area contributed by atoms with Gasteiger partial charge in [0, 0.05) is 67.4 Å². The number of amides is 2. The van der Waals surface area contributed by atoms with Crippen molar-refractivity contribution in [1.82, 2.24) is 29.0 Å². The largest absolute Gasteiger partial charge is 0.494 e. The monoisotopic (exact) mass is 634 g/mol. The number of nitrogens with two attached hydrogens (primary N) is 1. The minimum absolute atomic E-state index is 0.0245. The third-order valence-corrected chi connectivity index (χ3v) is 10.2. The van der Waals surface area contributed by atoms with E-state index in [1.165, 1.54) is 6.92 Å². The zero-order valence-electron chi connectivity index (χ0n) is 26.7. The van der Waals surface area contributed by atoms with Crippen LogP contribution in [0.2, 0.25) is 0 Å². The molecule has 2 bridgehead atoms. The lowest BCUT2D eigenvalue weighted by Gasteiger charge is -2.27. The second-order valence-electron chi connectivity index (χ2n) is 13.2. The van der Waals surface area contributed by atoms with Crippen molar-refractivity contribution in [3.8, 4) is 28.5 Å². The molecule has 8 rings (SSSR count). The van der Waals surface area contributed by atoms with Gasteiger partial charge in [0.1, 0.15) is 22.7 Å². The number of methoxy groups -OCH3 is 1. The lowest BCUT2D eigenvalue weighted by molar-refractivity contribution is -0.114. The smallest absolute Gasteiger partial charge is 0.254 e. The first-order valence-electron chi connectivity index (χ1n) is 16.2. The summed E-state index contributed by atoms with van der Waals surface area (Å²) in [5.74, 6) is 2.34. The van der Waals surface area contributed by atoms with Crippen LogP contribution in [0.3, 0.4) is 0 Å². The number of ether oxygens (including phenoxy) is 1. The number of aliphatic hydroxyl groups excluding tert-OH is 1. The number of fused-ring (bicyclic) bond motifs is 4. The third-order valence-electron chi connectivity index (χ3n) is 10.2. The van der Waals surface area contributed by atoms with Crippen molar-refractivity contribution in [2.75, 3.05) is 19.0 Å². The number of carbonyl (C=O) groups excluding carboxylic acids is 2. The molecule has 47 heavy (non-hydrogen) atoms. The number of likely N-dealkylation sites (tertiary alicyclic amines) is 1. The quantitative estimate of drug-likeness (QED) is 0.231. The van der Waals surface area contributed by atoms with Gasteiger partial charge in [0.15, 0.2) is 5.82 Å². The molecule has 3 fully saturated rings. The lowest BCUT2D eigenvalue weighted by Crippen LogP contribution is -2.41. The summed E-state index contributed by atoms with van der Waals surface area (Å²) >= 11 is 0. The number of hydrogen-bond donors (Lipinski definition) is 3. The molecule has 1 aromatic carbocycles.